The summed E-state index contributed by atoms with van der Waals surface area (Å²) in [6.45, 7) is 11.5. The average molecular weight is 303 g/mol. The van der Waals surface area contributed by atoms with Crippen LogP contribution in [0.4, 0.5) is 0 Å². The first kappa shape index (κ1) is 17.0. The lowest BCUT2D eigenvalue weighted by atomic mass is 9.92. The maximum absolute atomic E-state index is 10.3. The number of para-hydroxylation sites is 1. The number of aliphatic hydroxyl groups is 1. The van der Waals surface area contributed by atoms with Crippen molar-refractivity contribution in [1.29, 1.82) is 0 Å². The summed E-state index contributed by atoms with van der Waals surface area (Å²) >= 11 is 0. The zero-order valence-electron chi connectivity index (χ0n) is 13.9. The average Bonchev–Trinajstić information content (AvgIpc) is 2.45. The van der Waals surface area contributed by atoms with Crippen molar-refractivity contribution in [3.05, 3.63) is 42.5 Å². The summed E-state index contributed by atoms with van der Waals surface area (Å²) in [4.78, 5) is 2.36. The van der Waals surface area contributed by atoms with Crippen LogP contribution in [0, 0.1) is 11.8 Å². The number of hydrogen-bond acceptors (Lipinski definition) is 3. The second-order valence-electron chi connectivity index (χ2n) is 6.73. The molecule has 3 nitrogen and oxygen atoms in total. The minimum atomic E-state index is -0.450. The van der Waals surface area contributed by atoms with E-state index in [0.29, 0.717) is 25.0 Å². The molecule has 0 radical (unpaired) electrons. The molecule has 3 heteroatoms. The van der Waals surface area contributed by atoms with Gasteiger partial charge in [-0.1, -0.05) is 38.1 Å². The van der Waals surface area contributed by atoms with Crippen LogP contribution in [0.25, 0.3) is 0 Å². The van der Waals surface area contributed by atoms with Gasteiger partial charge in [-0.3, -0.25) is 0 Å². The molecule has 22 heavy (non-hydrogen) atoms. The molecule has 1 N–H and O–H groups in total. The van der Waals surface area contributed by atoms with Gasteiger partial charge in [-0.15, -0.1) is 6.58 Å². The van der Waals surface area contributed by atoms with Gasteiger partial charge in [0.1, 0.15) is 18.5 Å². The summed E-state index contributed by atoms with van der Waals surface area (Å²) in [5.74, 6) is 2.28. The number of β-amino-alcohol motifs (C(OH)–C–C–N with tert-alkyl or cyclic N) is 1. The highest BCUT2D eigenvalue weighted by Crippen LogP contribution is 2.22. The SMILES string of the molecule is C=CCc1ccccc1OCC(O)CN1CC(C)CC(C)C1. The summed E-state index contributed by atoms with van der Waals surface area (Å²) < 4.78 is 5.82. The van der Waals surface area contributed by atoms with E-state index in [-0.39, 0.29) is 0 Å². The van der Waals surface area contributed by atoms with E-state index in [4.69, 9.17) is 4.74 Å². The van der Waals surface area contributed by atoms with Crippen molar-refractivity contribution in [3.8, 4) is 5.75 Å². The summed E-state index contributed by atoms with van der Waals surface area (Å²) in [6.07, 6.45) is 3.50. The standard InChI is InChI=1S/C19H29NO2/c1-4-7-17-8-5-6-9-19(17)22-14-18(21)13-20-11-15(2)10-16(3)12-20/h4-6,8-9,15-16,18,21H,1,7,10-14H2,2-3H3. The normalized spacial score (nSPS) is 24.0. The first-order valence-corrected chi connectivity index (χ1v) is 8.30. The van der Waals surface area contributed by atoms with E-state index in [1.165, 1.54) is 6.42 Å². The van der Waals surface area contributed by atoms with Gasteiger partial charge in [-0.2, -0.15) is 0 Å². The minimum absolute atomic E-state index is 0.341. The number of nitrogens with zero attached hydrogens (tertiary/aromatic N) is 1. The van der Waals surface area contributed by atoms with Gasteiger partial charge in [0.2, 0.25) is 0 Å². The lowest BCUT2D eigenvalue weighted by molar-refractivity contribution is 0.0427. The molecule has 1 heterocycles. The predicted molar refractivity (Wildman–Crippen MR) is 91.2 cm³/mol. The number of likely N-dealkylation sites (tertiary alicyclic amines) is 1. The number of benzene rings is 1. The van der Waals surface area contributed by atoms with Crippen molar-refractivity contribution in [2.45, 2.75) is 32.8 Å². The largest absolute Gasteiger partial charge is 0.491 e. The molecule has 1 aliphatic heterocycles. The molecule has 2 rings (SSSR count). The molecule has 1 saturated heterocycles. The van der Waals surface area contributed by atoms with Gasteiger partial charge in [0.25, 0.3) is 0 Å². The lowest BCUT2D eigenvalue weighted by Crippen LogP contribution is -2.44. The number of allylic oxidation sites excluding steroid dienone is 1. The third-order valence-corrected chi connectivity index (χ3v) is 4.18. The van der Waals surface area contributed by atoms with Crippen LogP contribution in [0.5, 0.6) is 5.75 Å². The zero-order chi connectivity index (χ0) is 15.9. The molecular formula is C19H29NO2. The Kier molecular flexibility index (Phi) is 6.47. The molecule has 1 fully saturated rings. The Bertz CT molecular complexity index is 464. The summed E-state index contributed by atoms with van der Waals surface area (Å²) in [5, 5.41) is 10.3. The van der Waals surface area contributed by atoms with Crippen LogP contribution in [0.2, 0.25) is 0 Å². The molecule has 1 aromatic rings. The van der Waals surface area contributed by atoms with Gasteiger partial charge in [-0.05, 0) is 36.3 Å². The minimum Gasteiger partial charge on any atom is -0.491 e. The second kappa shape index (κ2) is 8.35. The Morgan fingerprint density at radius 1 is 1.32 bits per heavy atom. The molecule has 0 saturated carbocycles. The predicted octanol–water partition coefficient (Wildman–Crippen LogP) is 3.13. The van der Waals surface area contributed by atoms with Crippen LogP contribution in [0.15, 0.2) is 36.9 Å². The lowest BCUT2D eigenvalue weighted by Gasteiger charge is -2.35. The van der Waals surface area contributed by atoms with Gasteiger partial charge in [0.15, 0.2) is 0 Å². The van der Waals surface area contributed by atoms with Crippen LogP contribution in [0.1, 0.15) is 25.8 Å². The monoisotopic (exact) mass is 303 g/mol. The topological polar surface area (TPSA) is 32.7 Å². The van der Waals surface area contributed by atoms with Crippen molar-refractivity contribution in [3.63, 3.8) is 0 Å². The van der Waals surface area contributed by atoms with Gasteiger partial charge in [-0.25, -0.2) is 0 Å². The van der Waals surface area contributed by atoms with Crippen molar-refractivity contribution >= 4 is 0 Å². The van der Waals surface area contributed by atoms with E-state index in [1.807, 2.05) is 30.3 Å². The summed E-state index contributed by atoms with van der Waals surface area (Å²) in [7, 11) is 0. The fourth-order valence-corrected chi connectivity index (χ4v) is 3.45. The molecule has 122 valence electrons. The van der Waals surface area contributed by atoms with Crippen molar-refractivity contribution < 1.29 is 9.84 Å². The maximum Gasteiger partial charge on any atom is 0.122 e. The van der Waals surface area contributed by atoms with E-state index in [0.717, 1.165) is 30.8 Å². The van der Waals surface area contributed by atoms with Crippen LogP contribution in [-0.2, 0) is 6.42 Å². The first-order chi connectivity index (χ1) is 10.6. The zero-order valence-corrected chi connectivity index (χ0v) is 13.9. The molecule has 1 aliphatic rings. The maximum atomic E-state index is 10.3. The van der Waals surface area contributed by atoms with Gasteiger partial charge < -0.3 is 14.7 Å². The molecule has 0 amide bonds. The van der Waals surface area contributed by atoms with Crippen molar-refractivity contribution in [1.82, 2.24) is 4.90 Å². The van der Waals surface area contributed by atoms with E-state index in [2.05, 4.69) is 25.3 Å². The number of ether oxygens (including phenoxy) is 1. The Labute approximate surface area is 134 Å². The molecule has 3 atom stereocenters. The fourth-order valence-electron chi connectivity index (χ4n) is 3.45. The number of piperidine rings is 1. The second-order valence-corrected chi connectivity index (χ2v) is 6.73. The Balaban J connectivity index is 1.82. The molecule has 0 aromatic heterocycles. The fraction of sp³-hybridized carbons (Fsp3) is 0.579. The number of rotatable bonds is 7. The van der Waals surface area contributed by atoms with Crippen molar-refractivity contribution in [2.24, 2.45) is 11.8 Å². The van der Waals surface area contributed by atoms with E-state index >= 15 is 0 Å². The quantitative estimate of drug-likeness (QED) is 0.786. The van der Waals surface area contributed by atoms with E-state index in [9.17, 15) is 5.11 Å². The highest BCUT2D eigenvalue weighted by atomic mass is 16.5. The Morgan fingerprint density at radius 3 is 2.68 bits per heavy atom. The molecule has 3 unspecified atom stereocenters. The first-order valence-electron chi connectivity index (χ1n) is 8.30. The third kappa shape index (κ3) is 5.15. The number of hydrogen-bond donors (Lipinski definition) is 1. The van der Waals surface area contributed by atoms with Gasteiger partial charge in [0.05, 0.1) is 0 Å². The van der Waals surface area contributed by atoms with E-state index < -0.39 is 6.10 Å². The molecule has 1 aromatic carbocycles. The van der Waals surface area contributed by atoms with Gasteiger partial charge in [0, 0.05) is 19.6 Å². The highest BCUT2D eigenvalue weighted by molar-refractivity contribution is 5.34. The molecular weight excluding hydrogens is 274 g/mol. The molecule has 0 bridgehead atoms. The van der Waals surface area contributed by atoms with Crippen LogP contribution < -0.4 is 4.74 Å². The van der Waals surface area contributed by atoms with Crippen LogP contribution in [0.3, 0.4) is 0 Å². The van der Waals surface area contributed by atoms with Gasteiger partial charge >= 0.3 is 0 Å². The highest BCUT2D eigenvalue weighted by Gasteiger charge is 2.23. The molecule has 0 aliphatic carbocycles. The Hall–Kier alpha value is -1.32. The number of aliphatic hydroxyl groups excluding tert-OH is 1. The van der Waals surface area contributed by atoms with Crippen LogP contribution >= 0.6 is 0 Å². The Morgan fingerprint density at radius 2 is 2.00 bits per heavy atom. The van der Waals surface area contributed by atoms with Crippen LogP contribution in [-0.4, -0.2) is 42.4 Å². The third-order valence-electron chi connectivity index (χ3n) is 4.18. The van der Waals surface area contributed by atoms with Crippen molar-refractivity contribution in [2.75, 3.05) is 26.2 Å². The molecule has 0 spiro atoms. The summed E-state index contributed by atoms with van der Waals surface area (Å²) in [5.41, 5.74) is 1.12. The summed E-state index contributed by atoms with van der Waals surface area (Å²) in [6, 6.07) is 7.95. The smallest absolute Gasteiger partial charge is 0.122 e. The van der Waals surface area contributed by atoms with E-state index in [1.54, 1.807) is 0 Å².